The summed E-state index contributed by atoms with van der Waals surface area (Å²) >= 11 is 0. The van der Waals surface area contributed by atoms with E-state index in [9.17, 15) is 13.2 Å². The number of carbonyl (C=O) groups is 1. The highest BCUT2D eigenvalue weighted by atomic mass is 32.2. The van der Waals surface area contributed by atoms with Crippen molar-refractivity contribution < 1.29 is 17.9 Å². The molecular formula is C29H35NO4S. The molecule has 0 fully saturated rings. The summed E-state index contributed by atoms with van der Waals surface area (Å²) < 4.78 is 34.3. The van der Waals surface area contributed by atoms with Crippen molar-refractivity contribution in [2.75, 3.05) is 11.3 Å². The van der Waals surface area contributed by atoms with E-state index in [4.69, 9.17) is 4.74 Å². The van der Waals surface area contributed by atoms with Gasteiger partial charge in [-0.05, 0) is 42.8 Å². The summed E-state index contributed by atoms with van der Waals surface area (Å²) in [4.78, 5) is 13.0. The molecule has 3 rings (SSSR count). The van der Waals surface area contributed by atoms with Gasteiger partial charge in [0.2, 0.25) is 0 Å². The molecule has 0 bridgehead atoms. The summed E-state index contributed by atoms with van der Waals surface area (Å²) in [6.45, 7) is 2.85. The molecule has 0 unspecified atom stereocenters. The maximum atomic E-state index is 13.0. The summed E-state index contributed by atoms with van der Waals surface area (Å²) in [6.07, 6.45) is 9.86. The molecule has 3 aromatic rings. The number of ether oxygens (including phenoxy) is 1. The molecule has 186 valence electrons. The Kier molecular flexibility index (Phi) is 10.4. The van der Waals surface area contributed by atoms with Crippen LogP contribution in [0, 0.1) is 0 Å². The maximum absolute atomic E-state index is 13.0. The molecular weight excluding hydrogens is 458 g/mol. The van der Waals surface area contributed by atoms with Gasteiger partial charge in [-0.1, -0.05) is 94.3 Å². The molecule has 0 aromatic heterocycles. The molecule has 0 saturated carbocycles. The van der Waals surface area contributed by atoms with Crippen molar-refractivity contribution in [3.05, 3.63) is 90.0 Å². The Balaban J connectivity index is 1.54. The summed E-state index contributed by atoms with van der Waals surface area (Å²) in [5.74, 6) is 0.403. The van der Waals surface area contributed by atoms with E-state index in [0.717, 1.165) is 12.8 Å². The lowest BCUT2D eigenvalue weighted by atomic mass is 10.0. The van der Waals surface area contributed by atoms with E-state index in [1.807, 2.05) is 6.07 Å². The minimum atomic E-state index is -3.87. The smallest absolute Gasteiger partial charge is 0.261 e. The Bertz CT molecular complexity index is 1160. The molecule has 5 nitrogen and oxygen atoms in total. The van der Waals surface area contributed by atoms with Crippen LogP contribution in [0.3, 0.4) is 0 Å². The largest absolute Gasteiger partial charge is 0.494 e. The van der Waals surface area contributed by atoms with Gasteiger partial charge in [-0.2, -0.15) is 0 Å². The van der Waals surface area contributed by atoms with E-state index in [2.05, 4.69) is 11.6 Å². The van der Waals surface area contributed by atoms with E-state index in [0.29, 0.717) is 23.5 Å². The van der Waals surface area contributed by atoms with E-state index in [1.165, 1.54) is 50.7 Å². The van der Waals surface area contributed by atoms with Crippen LogP contribution in [0.1, 0.15) is 74.2 Å². The van der Waals surface area contributed by atoms with Gasteiger partial charge in [-0.3, -0.25) is 9.52 Å². The van der Waals surface area contributed by atoms with E-state index in [1.54, 1.807) is 60.7 Å². The molecule has 1 N–H and O–H groups in total. The normalized spacial score (nSPS) is 11.2. The van der Waals surface area contributed by atoms with E-state index >= 15 is 0 Å². The first-order chi connectivity index (χ1) is 17.0. The van der Waals surface area contributed by atoms with Gasteiger partial charge < -0.3 is 4.74 Å². The Morgan fingerprint density at radius 2 is 1.34 bits per heavy atom. The van der Waals surface area contributed by atoms with Gasteiger partial charge in [0.25, 0.3) is 10.0 Å². The van der Waals surface area contributed by atoms with Crippen LogP contribution in [0.15, 0.2) is 83.8 Å². The zero-order chi connectivity index (χ0) is 24.9. The van der Waals surface area contributed by atoms with Crippen LogP contribution in [0.2, 0.25) is 0 Å². The van der Waals surface area contributed by atoms with Crippen molar-refractivity contribution in [3.63, 3.8) is 0 Å². The van der Waals surface area contributed by atoms with Crippen LogP contribution in [0.25, 0.3) is 0 Å². The molecule has 0 aliphatic rings. The number of unbranched alkanes of at least 4 members (excludes halogenated alkanes) is 7. The van der Waals surface area contributed by atoms with Crippen LogP contribution < -0.4 is 9.46 Å². The molecule has 0 atom stereocenters. The fourth-order valence-corrected chi connectivity index (χ4v) is 4.94. The first kappa shape index (κ1) is 26.5. The van der Waals surface area contributed by atoms with Crippen LogP contribution in [-0.2, 0) is 10.0 Å². The van der Waals surface area contributed by atoms with E-state index < -0.39 is 10.0 Å². The van der Waals surface area contributed by atoms with Gasteiger partial charge >= 0.3 is 0 Å². The van der Waals surface area contributed by atoms with Gasteiger partial charge in [-0.25, -0.2) is 8.42 Å². The number of rotatable bonds is 15. The molecule has 0 amide bonds. The summed E-state index contributed by atoms with van der Waals surface area (Å²) in [6, 6.07) is 21.8. The molecule has 0 heterocycles. The number of nitrogens with one attached hydrogen (secondary N) is 1. The van der Waals surface area contributed by atoms with Gasteiger partial charge in [0.05, 0.1) is 17.2 Å². The molecule has 3 aromatic carbocycles. The van der Waals surface area contributed by atoms with Crippen molar-refractivity contribution in [1.29, 1.82) is 0 Å². The third-order valence-electron chi connectivity index (χ3n) is 5.85. The minimum absolute atomic E-state index is 0.110. The average molecular weight is 494 g/mol. The van der Waals surface area contributed by atoms with Crippen LogP contribution in [-0.4, -0.2) is 20.8 Å². The zero-order valence-electron chi connectivity index (χ0n) is 20.4. The van der Waals surface area contributed by atoms with Gasteiger partial charge in [0, 0.05) is 11.1 Å². The number of anilines is 1. The Morgan fingerprint density at radius 1 is 0.743 bits per heavy atom. The summed E-state index contributed by atoms with van der Waals surface area (Å²) in [7, 11) is -3.87. The van der Waals surface area contributed by atoms with Crippen LogP contribution >= 0.6 is 0 Å². The first-order valence-electron chi connectivity index (χ1n) is 12.5. The van der Waals surface area contributed by atoms with Crippen molar-refractivity contribution in [3.8, 4) is 5.75 Å². The maximum Gasteiger partial charge on any atom is 0.261 e. The van der Waals surface area contributed by atoms with Gasteiger partial charge in [0.15, 0.2) is 5.78 Å². The van der Waals surface area contributed by atoms with Crippen LogP contribution in [0.4, 0.5) is 5.69 Å². The second kappa shape index (κ2) is 13.7. The van der Waals surface area contributed by atoms with Crippen molar-refractivity contribution in [2.45, 2.75) is 63.2 Å². The summed E-state index contributed by atoms with van der Waals surface area (Å²) in [5.41, 5.74) is 1.04. The standard InChI is InChI=1S/C29H35NO4S/c1-2-3-4-5-6-7-8-14-23-34-25-19-21-26(22-20-25)35(32,33)30-28-18-13-12-17-27(28)29(31)24-15-10-9-11-16-24/h9-13,15-22,30H,2-8,14,23H2,1H3. The number of benzene rings is 3. The Labute approximate surface area is 209 Å². The fraction of sp³-hybridized carbons (Fsp3) is 0.345. The van der Waals surface area contributed by atoms with Crippen molar-refractivity contribution in [2.24, 2.45) is 0 Å². The van der Waals surface area contributed by atoms with E-state index in [-0.39, 0.29) is 16.4 Å². The van der Waals surface area contributed by atoms with Gasteiger partial charge in [-0.15, -0.1) is 0 Å². The second-order valence-electron chi connectivity index (χ2n) is 8.64. The molecule has 0 spiro atoms. The Hall–Kier alpha value is -3.12. The second-order valence-corrected chi connectivity index (χ2v) is 10.3. The topological polar surface area (TPSA) is 72.5 Å². The number of sulfonamides is 1. The number of carbonyl (C=O) groups excluding carboxylic acids is 1. The number of hydrogen-bond donors (Lipinski definition) is 1. The van der Waals surface area contributed by atoms with Crippen molar-refractivity contribution in [1.82, 2.24) is 0 Å². The first-order valence-corrected chi connectivity index (χ1v) is 13.9. The predicted octanol–water partition coefficient (Wildman–Crippen LogP) is 7.24. The lowest BCUT2D eigenvalue weighted by Gasteiger charge is -2.13. The lowest BCUT2D eigenvalue weighted by molar-refractivity contribution is 0.103. The SMILES string of the molecule is CCCCCCCCCCOc1ccc(S(=O)(=O)Nc2ccccc2C(=O)c2ccccc2)cc1. The zero-order valence-corrected chi connectivity index (χ0v) is 21.2. The lowest BCUT2D eigenvalue weighted by Crippen LogP contribution is -2.16. The third-order valence-corrected chi connectivity index (χ3v) is 7.23. The summed E-state index contributed by atoms with van der Waals surface area (Å²) in [5, 5.41) is 0. The third kappa shape index (κ3) is 8.25. The molecule has 0 saturated heterocycles. The molecule has 0 aliphatic carbocycles. The number of para-hydroxylation sites is 1. The highest BCUT2D eigenvalue weighted by molar-refractivity contribution is 7.92. The highest BCUT2D eigenvalue weighted by Gasteiger charge is 2.19. The minimum Gasteiger partial charge on any atom is -0.494 e. The average Bonchev–Trinajstić information content (AvgIpc) is 2.88. The quantitative estimate of drug-likeness (QED) is 0.179. The highest BCUT2D eigenvalue weighted by Crippen LogP contribution is 2.24. The van der Waals surface area contributed by atoms with Crippen LogP contribution in [0.5, 0.6) is 5.75 Å². The Morgan fingerprint density at radius 3 is 2.03 bits per heavy atom. The molecule has 0 radical (unpaired) electrons. The molecule has 0 aliphatic heterocycles. The predicted molar refractivity (Wildman–Crippen MR) is 142 cm³/mol. The fourth-order valence-electron chi connectivity index (χ4n) is 3.86. The molecule has 6 heteroatoms. The monoisotopic (exact) mass is 493 g/mol. The molecule has 35 heavy (non-hydrogen) atoms. The number of hydrogen-bond acceptors (Lipinski definition) is 4. The van der Waals surface area contributed by atoms with Gasteiger partial charge in [0.1, 0.15) is 5.75 Å². The van der Waals surface area contributed by atoms with Crippen molar-refractivity contribution >= 4 is 21.5 Å². The number of ketones is 1.